The Morgan fingerprint density at radius 3 is 2.29 bits per heavy atom. The van der Waals surface area contributed by atoms with Crippen molar-refractivity contribution in [3.63, 3.8) is 0 Å². The molecule has 21 heavy (non-hydrogen) atoms. The van der Waals surface area contributed by atoms with E-state index in [4.69, 9.17) is 21.7 Å². The van der Waals surface area contributed by atoms with Crippen LogP contribution >= 0.6 is 12.2 Å². The fraction of sp³-hybridized carbons (Fsp3) is 0.562. The molecule has 1 aliphatic rings. The van der Waals surface area contributed by atoms with Gasteiger partial charge in [0.25, 0.3) is 0 Å². The highest BCUT2D eigenvalue weighted by atomic mass is 32.1. The minimum atomic E-state index is 0.492. The summed E-state index contributed by atoms with van der Waals surface area (Å²) in [4.78, 5) is 3.31. The third-order valence-corrected chi connectivity index (χ3v) is 4.71. The number of methoxy groups -OCH3 is 2. The second-order valence-corrected chi connectivity index (χ2v) is 6.06. The lowest BCUT2D eigenvalue weighted by atomic mass is 10.1. The van der Waals surface area contributed by atoms with Crippen molar-refractivity contribution in [2.45, 2.75) is 44.6 Å². The van der Waals surface area contributed by atoms with Gasteiger partial charge in [-0.3, -0.25) is 0 Å². The van der Waals surface area contributed by atoms with Crippen molar-refractivity contribution in [2.75, 3.05) is 14.2 Å². The van der Waals surface area contributed by atoms with E-state index in [1.54, 1.807) is 14.2 Å². The summed E-state index contributed by atoms with van der Waals surface area (Å²) in [5.74, 6) is 1.48. The Labute approximate surface area is 130 Å². The van der Waals surface area contributed by atoms with E-state index in [2.05, 4.69) is 9.55 Å². The summed E-state index contributed by atoms with van der Waals surface area (Å²) in [6.07, 6.45) is 7.65. The molecule has 1 heterocycles. The van der Waals surface area contributed by atoms with Gasteiger partial charge in [0.2, 0.25) is 0 Å². The molecule has 1 aliphatic carbocycles. The van der Waals surface area contributed by atoms with Gasteiger partial charge in [0.15, 0.2) is 16.3 Å². The first-order chi connectivity index (χ1) is 10.2. The topological polar surface area (TPSA) is 39.2 Å². The second-order valence-electron chi connectivity index (χ2n) is 5.67. The molecule has 0 amide bonds. The quantitative estimate of drug-likeness (QED) is 0.665. The van der Waals surface area contributed by atoms with E-state index < -0.39 is 0 Å². The maximum Gasteiger partial charge on any atom is 0.178 e. The van der Waals surface area contributed by atoms with E-state index >= 15 is 0 Å². The molecule has 0 aliphatic heterocycles. The molecule has 1 fully saturated rings. The Morgan fingerprint density at radius 2 is 1.67 bits per heavy atom. The van der Waals surface area contributed by atoms with Crippen LogP contribution in [0.25, 0.3) is 11.0 Å². The summed E-state index contributed by atoms with van der Waals surface area (Å²) in [5, 5.41) is 0. The maximum absolute atomic E-state index is 5.56. The standard InChI is InChI=1S/C16H22N2O2S/c1-19-14-9-12-13(10-15(14)20-2)18(16(21)17-12)11-7-5-3-4-6-8-11/h9-11H,3-8H2,1-2H3,(H,17,21). The molecule has 0 bridgehead atoms. The van der Waals surface area contributed by atoms with Crippen LogP contribution in [0.1, 0.15) is 44.6 Å². The summed E-state index contributed by atoms with van der Waals surface area (Å²) in [6, 6.07) is 4.49. The minimum absolute atomic E-state index is 0.492. The van der Waals surface area contributed by atoms with Crippen molar-refractivity contribution in [3.8, 4) is 11.5 Å². The van der Waals surface area contributed by atoms with Gasteiger partial charge in [-0.15, -0.1) is 0 Å². The second kappa shape index (κ2) is 6.10. The van der Waals surface area contributed by atoms with E-state index in [1.165, 1.54) is 38.5 Å². The third kappa shape index (κ3) is 2.67. The van der Waals surface area contributed by atoms with Gasteiger partial charge in [-0.05, 0) is 25.1 Å². The van der Waals surface area contributed by atoms with Crippen LogP contribution in [0.5, 0.6) is 11.5 Å². The molecule has 1 N–H and O–H groups in total. The number of fused-ring (bicyclic) bond motifs is 1. The van der Waals surface area contributed by atoms with Gasteiger partial charge in [0.1, 0.15) is 0 Å². The monoisotopic (exact) mass is 306 g/mol. The van der Waals surface area contributed by atoms with Crippen LogP contribution < -0.4 is 9.47 Å². The number of ether oxygens (including phenoxy) is 2. The van der Waals surface area contributed by atoms with Crippen LogP contribution in [0.4, 0.5) is 0 Å². The molecule has 0 saturated heterocycles. The number of H-pyrrole nitrogens is 1. The molecule has 3 rings (SSSR count). The summed E-state index contributed by atoms with van der Waals surface area (Å²) < 4.78 is 13.9. The van der Waals surface area contributed by atoms with Crippen LogP contribution in [0.2, 0.25) is 0 Å². The summed E-state index contributed by atoms with van der Waals surface area (Å²) in [6.45, 7) is 0. The van der Waals surface area contributed by atoms with Crippen LogP contribution in [0, 0.1) is 4.77 Å². The molecule has 0 atom stereocenters. The van der Waals surface area contributed by atoms with Crippen LogP contribution in [-0.2, 0) is 0 Å². The zero-order chi connectivity index (χ0) is 14.8. The fourth-order valence-corrected chi connectivity index (χ4v) is 3.69. The number of rotatable bonds is 3. The van der Waals surface area contributed by atoms with Gasteiger partial charge >= 0.3 is 0 Å². The van der Waals surface area contributed by atoms with Crippen molar-refractivity contribution in [1.29, 1.82) is 0 Å². The molecule has 2 aromatic rings. The van der Waals surface area contributed by atoms with Crippen LogP contribution in [-0.4, -0.2) is 23.8 Å². The smallest absolute Gasteiger partial charge is 0.178 e. The third-order valence-electron chi connectivity index (χ3n) is 4.41. The lowest BCUT2D eigenvalue weighted by molar-refractivity contribution is 0.355. The highest BCUT2D eigenvalue weighted by Gasteiger charge is 2.19. The van der Waals surface area contributed by atoms with Gasteiger partial charge < -0.3 is 19.0 Å². The molecule has 0 radical (unpaired) electrons. The molecular weight excluding hydrogens is 284 g/mol. The number of nitrogens with one attached hydrogen (secondary N) is 1. The average Bonchev–Trinajstić information content (AvgIpc) is 2.68. The van der Waals surface area contributed by atoms with E-state index in [0.717, 1.165) is 27.3 Å². The number of imidazole rings is 1. The lowest BCUT2D eigenvalue weighted by Gasteiger charge is -2.17. The van der Waals surface area contributed by atoms with Crippen LogP contribution in [0.15, 0.2) is 12.1 Å². The molecule has 0 spiro atoms. The predicted molar refractivity (Wildman–Crippen MR) is 87.0 cm³/mol. The summed E-state index contributed by atoms with van der Waals surface area (Å²) in [5.41, 5.74) is 2.13. The molecule has 1 aromatic heterocycles. The molecular formula is C16H22N2O2S. The summed E-state index contributed by atoms with van der Waals surface area (Å²) in [7, 11) is 3.32. The normalized spacial score (nSPS) is 16.9. The molecule has 4 nitrogen and oxygen atoms in total. The van der Waals surface area contributed by atoms with Crippen molar-refractivity contribution in [1.82, 2.24) is 9.55 Å². The van der Waals surface area contributed by atoms with Gasteiger partial charge in [-0.25, -0.2) is 0 Å². The Balaban J connectivity index is 2.13. The Bertz CT molecular complexity index is 681. The maximum atomic E-state index is 5.56. The van der Waals surface area contributed by atoms with E-state index in [0.29, 0.717) is 6.04 Å². The first kappa shape index (κ1) is 14.4. The Morgan fingerprint density at radius 1 is 1.05 bits per heavy atom. The predicted octanol–water partition coefficient (Wildman–Crippen LogP) is 4.61. The van der Waals surface area contributed by atoms with Crippen molar-refractivity contribution in [3.05, 3.63) is 16.9 Å². The number of aromatic nitrogens is 2. The molecule has 0 unspecified atom stereocenters. The van der Waals surface area contributed by atoms with E-state index in [-0.39, 0.29) is 0 Å². The molecule has 5 heteroatoms. The molecule has 114 valence electrons. The molecule has 1 aromatic carbocycles. The van der Waals surface area contributed by atoms with Crippen LogP contribution in [0.3, 0.4) is 0 Å². The van der Waals surface area contributed by atoms with Gasteiger partial charge in [0.05, 0.1) is 25.3 Å². The number of hydrogen-bond acceptors (Lipinski definition) is 3. The van der Waals surface area contributed by atoms with Gasteiger partial charge in [-0.1, -0.05) is 25.7 Å². The van der Waals surface area contributed by atoms with Crippen molar-refractivity contribution >= 4 is 23.3 Å². The number of benzene rings is 1. The van der Waals surface area contributed by atoms with Gasteiger partial charge in [0, 0.05) is 18.2 Å². The Kier molecular flexibility index (Phi) is 4.19. The highest BCUT2D eigenvalue weighted by molar-refractivity contribution is 7.71. The first-order valence-corrected chi connectivity index (χ1v) is 8.01. The zero-order valence-corrected chi connectivity index (χ0v) is 13.5. The van der Waals surface area contributed by atoms with E-state index in [1.807, 2.05) is 12.1 Å². The minimum Gasteiger partial charge on any atom is -0.493 e. The average molecular weight is 306 g/mol. The highest BCUT2D eigenvalue weighted by Crippen LogP contribution is 2.35. The largest absolute Gasteiger partial charge is 0.493 e. The van der Waals surface area contributed by atoms with Crippen molar-refractivity contribution in [2.24, 2.45) is 0 Å². The number of hydrogen-bond donors (Lipinski definition) is 1. The fourth-order valence-electron chi connectivity index (χ4n) is 3.33. The van der Waals surface area contributed by atoms with Crippen molar-refractivity contribution < 1.29 is 9.47 Å². The first-order valence-electron chi connectivity index (χ1n) is 7.61. The molecule has 1 saturated carbocycles. The summed E-state index contributed by atoms with van der Waals surface area (Å²) >= 11 is 5.56. The SMILES string of the molecule is COc1cc2[nH]c(=S)n(C3CCCCCC3)c2cc1OC. The van der Waals surface area contributed by atoms with Gasteiger partial charge in [-0.2, -0.15) is 0 Å². The van der Waals surface area contributed by atoms with E-state index in [9.17, 15) is 0 Å². The Hall–Kier alpha value is -1.49. The number of aromatic amines is 1. The zero-order valence-electron chi connectivity index (χ0n) is 12.6. The number of nitrogens with zero attached hydrogens (tertiary/aromatic N) is 1. The lowest BCUT2D eigenvalue weighted by Crippen LogP contribution is -2.08.